The van der Waals surface area contributed by atoms with Crippen molar-refractivity contribution < 1.29 is 14.0 Å². The predicted molar refractivity (Wildman–Crippen MR) is 82.5 cm³/mol. The van der Waals surface area contributed by atoms with E-state index in [-0.39, 0.29) is 29.6 Å². The van der Waals surface area contributed by atoms with Gasteiger partial charge >= 0.3 is 0 Å². The molecule has 0 aliphatic heterocycles. The van der Waals surface area contributed by atoms with Crippen LogP contribution in [-0.4, -0.2) is 24.9 Å². The van der Waals surface area contributed by atoms with Gasteiger partial charge in [-0.3, -0.25) is 9.59 Å². The first kappa shape index (κ1) is 16.0. The lowest BCUT2D eigenvalue weighted by Crippen LogP contribution is -2.34. The van der Waals surface area contributed by atoms with Crippen LogP contribution in [0.15, 0.2) is 48.5 Å². The van der Waals surface area contributed by atoms with E-state index in [2.05, 4.69) is 10.6 Å². The van der Waals surface area contributed by atoms with Crippen molar-refractivity contribution in [3.8, 4) is 0 Å². The van der Waals surface area contributed by atoms with E-state index in [4.69, 9.17) is 11.6 Å². The molecule has 2 aromatic rings. The molecule has 0 saturated heterocycles. The van der Waals surface area contributed by atoms with Crippen LogP contribution in [0.3, 0.4) is 0 Å². The summed E-state index contributed by atoms with van der Waals surface area (Å²) in [6, 6.07) is 12.3. The Morgan fingerprint density at radius 1 is 0.955 bits per heavy atom. The van der Waals surface area contributed by atoms with Crippen LogP contribution in [0, 0.1) is 5.82 Å². The van der Waals surface area contributed by atoms with E-state index in [1.165, 1.54) is 6.07 Å². The van der Waals surface area contributed by atoms with Gasteiger partial charge in [-0.25, -0.2) is 4.39 Å². The van der Waals surface area contributed by atoms with E-state index in [0.29, 0.717) is 5.56 Å². The van der Waals surface area contributed by atoms with Crippen molar-refractivity contribution in [1.82, 2.24) is 10.6 Å². The molecular weight excluding hydrogens is 307 g/mol. The number of amides is 2. The Kier molecular flexibility index (Phi) is 5.49. The molecule has 2 rings (SSSR count). The summed E-state index contributed by atoms with van der Waals surface area (Å²) in [6.07, 6.45) is 0. The summed E-state index contributed by atoms with van der Waals surface area (Å²) in [5.41, 5.74) is 0.743. The molecule has 0 radical (unpaired) electrons. The summed E-state index contributed by atoms with van der Waals surface area (Å²) in [7, 11) is 0. The van der Waals surface area contributed by atoms with Gasteiger partial charge < -0.3 is 10.6 Å². The number of nitrogens with one attached hydrogen (secondary N) is 2. The van der Waals surface area contributed by atoms with E-state index in [1.54, 1.807) is 24.3 Å². The molecule has 114 valence electrons. The predicted octanol–water partition coefficient (Wildman–Crippen LogP) is 2.64. The molecule has 0 aliphatic carbocycles. The lowest BCUT2D eigenvalue weighted by atomic mass is 10.2. The molecule has 2 aromatic carbocycles. The summed E-state index contributed by atoms with van der Waals surface area (Å²) < 4.78 is 12.9. The lowest BCUT2D eigenvalue weighted by molar-refractivity contribution is 0.0927. The average Bonchev–Trinajstić information content (AvgIpc) is 2.52. The standard InChI is InChI=1S/C16H14ClFN2O2/c17-14-10-12(18)6-7-13(14)16(22)20-9-8-19-15(21)11-4-2-1-3-5-11/h1-7,10H,8-9H2,(H,19,21)(H,20,22). The van der Waals surface area contributed by atoms with Crippen LogP contribution >= 0.6 is 11.6 Å². The molecular formula is C16H14ClFN2O2. The van der Waals surface area contributed by atoms with Crippen LogP contribution < -0.4 is 10.6 Å². The third-order valence-electron chi connectivity index (χ3n) is 2.91. The van der Waals surface area contributed by atoms with Gasteiger partial charge in [0.1, 0.15) is 5.82 Å². The van der Waals surface area contributed by atoms with Gasteiger partial charge in [-0.05, 0) is 30.3 Å². The fourth-order valence-corrected chi connectivity index (χ4v) is 2.07. The van der Waals surface area contributed by atoms with Crippen molar-refractivity contribution >= 4 is 23.4 Å². The molecule has 2 N–H and O–H groups in total. The van der Waals surface area contributed by atoms with E-state index in [9.17, 15) is 14.0 Å². The molecule has 0 atom stereocenters. The van der Waals surface area contributed by atoms with Gasteiger partial charge in [-0.1, -0.05) is 29.8 Å². The number of rotatable bonds is 5. The summed E-state index contributed by atoms with van der Waals surface area (Å²) in [5, 5.41) is 5.34. The number of hydrogen-bond acceptors (Lipinski definition) is 2. The third kappa shape index (κ3) is 4.30. The van der Waals surface area contributed by atoms with Gasteiger partial charge in [0.05, 0.1) is 10.6 Å². The highest BCUT2D eigenvalue weighted by molar-refractivity contribution is 6.33. The van der Waals surface area contributed by atoms with Crippen molar-refractivity contribution in [3.63, 3.8) is 0 Å². The monoisotopic (exact) mass is 320 g/mol. The van der Waals surface area contributed by atoms with Gasteiger partial charge in [0.25, 0.3) is 11.8 Å². The maximum atomic E-state index is 12.9. The van der Waals surface area contributed by atoms with Crippen LogP contribution in [0.1, 0.15) is 20.7 Å². The van der Waals surface area contributed by atoms with Gasteiger partial charge in [0, 0.05) is 18.7 Å². The van der Waals surface area contributed by atoms with Gasteiger partial charge in [-0.2, -0.15) is 0 Å². The van der Waals surface area contributed by atoms with Gasteiger partial charge in [0.15, 0.2) is 0 Å². The van der Waals surface area contributed by atoms with Crippen molar-refractivity contribution in [2.24, 2.45) is 0 Å². The largest absolute Gasteiger partial charge is 0.350 e. The molecule has 0 aromatic heterocycles. The minimum atomic E-state index is -0.503. The molecule has 6 heteroatoms. The Balaban J connectivity index is 1.79. The van der Waals surface area contributed by atoms with Gasteiger partial charge in [0.2, 0.25) is 0 Å². The highest BCUT2D eigenvalue weighted by Crippen LogP contribution is 2.16. The van der Waals surface area contributed by atoms with Crippen LogP contribution in [0.5, 0.6) is 0 Å². The fraction of sp³-hybridized carbons (Fsp3) is 0.125. The number of carbonyl (C=O) groups is 2. The Morgan fingerprint density at radius 2 is 1.59 bits per heavy atom. The second-order valence-electron chi connectivity index (χ2n) is 4.50. The van der Waals surface area contributed by atoms with Crippen LogP contribution in [0.4, 0.5) is 4.39 Å². The van der Waals surface area contributed by atoms with Crippen molar-refractivity contribution in [3.05, 3.63) is 70.5 Å². The third-order valence-corrected chi connectivity index (χ3v) is 3.22. The first-order valence-corrected chi connectivity index (χ1v) is 7.02. The molecule has 2 amide bonds. The zero-order chi connectivity index (χ0) is 15.9. The number of carbonyl (C=O) groups excluding carboxylic acids is 2. The van der Waals surface area contributed by atoms with Crippen molar-refractivity contribution in [1.29, 1.82) is 0 Å². The SMILES string of the molecule is O=C(NCCNC(=O)c1ccc(F)cc1Cl)c1ccccc1. The summed E-state index contributed by atoms with van der Waals surface area (Å²) in [5.74, 6) is -1.13. The molecule has 0 heterocycles. The normalized spacial score (nSPS) is 10.1. The second kappa shape index (κ2) is 7.56. The van der Waals surface area contributed by atoms with Crippen LogP contribution in [0.2, 0.25) is 5.02 Å². The smallest absolute Gasteiger partial charge is 0.252 e. The highest BCUT2D eigenvalue weighted by atomic mass is 35.5. The van der Waals surface area contributed by atoms with Crippen molar-refractivity contribution in [2.45, 2.75) is 0 Å². The molecule has 22 heavy (non-hydrogen) atoms. The van der Waals surface area contributed by atoms with E-state index >= 15 is 0 Å². The van der Waals surface area contributed by atoms with E-state index in [0.717, 1.165) is 12.1 Å². The fourth-order valence-electron chi connectivity index (χ4n) is 1.81. The molecule has 4 nitrogen and oxygen atoms in total. The summed E-state index contributed by atoms with van der Waals surface area (Å²) in [4.78, 5) is 23.6. The zero-order valence-corrected chi connectivity index (χ0v) is 12.4. The molecule has 0 unspecified atom stereocenters. The quantitative estimate of drug-likeness (QED) is 0.832. The Hall–Kier alpha value is -2.40. The maximum absolute atomic E-state index is 12.9. The molecule has 0 aliphatic rings. The van der Waals surface area contributed by atoms with E-state index in [1.807, 2.05) is 6.07 Å². The Bertz CT molecular complexity index is 677. The summed E-state index contributed by atoms with van der Waals surface area (Å²) in [6.45, 7) is 0.517. The lowest BCUT2D eigenvalue weighted by Gasteiger charge is -2.08. The van der Waals surface area contributed by atoms with E-state index < -0.39 is 11.7 Å². The van der Waals surface area contributed by atoms with Crippen molar-refractivity contribution in [2.75, 3.05) is 13.1 Å². The minimum Gasteiger partial charge on any atom is -0.350 e. The molecule has 0 saturated carbocycles. The first-order chi connectivity index (χ1) is 10.6. The van der Waals surface area contributed by atoms with Crippen LogP contribution in [-0.2, 0) is 0 Å². The average molecular weight is 321 g/mol. The maximum Gasteiger partial charge on any atom is 0.252 e. The summed E-state index contributed by atoms with van der Waals surface area (Å²) >= 11 is 5.80. The number of halogens is 2. The topological polar surface area (TPSA) is 58.2 Å². The van der Waals surface area contributed by atoms with Gasteiger partial charge in [-0.15, -0.1) is 0 Å². The molecule has 0 spiro atoms. The number of benzene rings is 2. The van der Waals surface area contributed by atoms with Crippen LogP contribution in [0.25, 0.3) is 0 Å². The zero-order valence-electron chi connectivity index (χ0n) is 11.6. The highest BCUT2D eigenvalue weighted by Gasteiger charge is 2.10. The minimum absolute atomic E-state index is 0.0471. The molecule has 0 fully saturated rings. The second-order valence-corrected chi connectivity index (χ2v) is 4.91. The Labute approximate surface area is 132 Å². The Morgan fingerprint density at radius 3 is 2.23 bits per heavy atom. The molecule has 0 bridgehead atoms. The first-order valence-electron chi connectivity index (χ1n) is 6.64. The number of hydrogen-bond donors (Lipinski definition) is 2.